The van der Waals surface area contributed by atoms with Crippen LogP contribution in [-0.4, -0.2) is 66.4 Å². The number of aliphatic hydroxyl groups excluding tert-OH is 1. The van der Waals surface area contributed by atoms with Gasteiger partial charge in [-0.05, 0) is 38.8 Å². The van der Waals surface area contributed by atoms with Crippen LogP contribution in [0.25, 0.3) is 0 Å². The van der Waals surface area contributed by atoms with Crippen molar-refractivity contribution >= 4 is 6.09 Å². The molecule has 5 nitrogen and oxygen atoms in total. The first-order valence-corrected chi connectivity index (χ1v) is 6.58. The number of ether oxygens (including phenoxy) is 1. The number of likely N-dealkylation sites (tertiary alicyclic amines) is 2. The van der Waals surface area contributed by atoms with E-state index in [1.807, 2.05) is 0 Å². The predicted molar refractivity (Wildman–Crippen MR) is 63.8 cm³/mol. The second-order valence-corrected chi connectivity index (χ2v) is 4.80. The van der Waals surface area contributed by atoms with Gasteiger partial charge in [-0.2, -0.15) is 0 Å². The topological polar surface area (TPSA) is 53.0 Å². The van der Waals surface area contributed by atoms with Gasteiger partial charge in [-0.15, -0.1) is 0 Å². The Morgan fingerprint density at radius 2 is 1.82 bits per heavy atom. The molecule has 17 heavy (non-hydrogen) atoms. The third kappa shape index (κ3) is 3.33. The van der Waals surface area contributed by atoms with Gasteiger partial charge in [0.25, 0.3) is 0 Å². The molecule has 0 aliphatic carbocycles. The van der Waals surface area contributed by atoms with Crippen molar-refractivity contribution in [3.63, 3.8) is 0 Å². The number of amides is 1. The summed E-state index contributed by atoms with van der Waals surface area (Å²) in [7, 11) is 0. The van der Waals surface area contributed by atoms with Crippen LogP contribution < -0.4 is 0 Å². The average molecular weight is 242 g/mol. The molecule has 2 aliphatic heterocycles. The highest BCUT2D eigenvalue weighted by molar-refractivity contribution is 5.67. The average Bonchev–Trinajstić information content (AvgIpc) is 2.90. The largest absolute Gasteiger partial charge is 0.447 e. The van der Waals surface area contributed by atoms with Gasteiger partial charge >= 0.3 is 6.09 Å². The maximum Gasteiger partial charge on any atom is 0.409 e. The van der Waals surface area contributed by atoms with Gasteiger partial charge in [-0.1, -0.05) is 0 Å². The predicted octanol–water partition coefficient (Wildman–Crippen LogP) is 0.675. The number of carbonyl (C=O) groups excluding carboxylic acids is 1. The van der Waals surface area contributed by atoms with Crippen LogP contribution in [0.5, 0.6) is 0 Å². The Labute approximate surface area is 102 Å². The van der Waals surface area contributed by atoms with Crippen molar-refractivity contribution in [3.05, 3.63) is 0 Å². The molecular formula is C12H22N2O3. The molecule has 0 radical (unpaired) electrons. The Kier molecular flexibility index (Phi) is 4.62. The number of nitrogens with zero attached hydrogens (tertiary/aromatic N) is 2. The van der Waals surface area contributed by atoms with E-state index in [0.29, 0.717) is 6.04 Å². The summed E-state index contributed by atoms with van der Waals surface area (Å²) < 4.78 is 4.91. The Hall–Kier alpha value is -0.810. The van der Waals surface area contributed by atoms with Crippen LogP contribution in [0.15, 0.2) is 0 Å². The molecule has 2 fully saturated rings. The fraction of sp³-hybridized carbons (Fsp3) is 0.917. The number of rotatable bonds is 3. The maximum atomic E-state index is 11.6. The zero-order valence-corrected chi connectivity index (χ0v) is 10.3. The Bertz CT molecular complexity index is 246. The summed E-state index contributed by atoms with van der Waals surface area (Å²) in [6, 6.07) is 0.652. The van der Waals surface area contributed by atoms with Crippen molar-refractivity contribution in [2.45, 2.75) is 31.7 Å². The normalized spacial score (nSPS) is 23.0. The van der Waals surface area contributed by atoms with E-state index in [1.165, 1.54) is 25.9 Å². The summed E-state index contributed by atoms with van der Waals surface area (Å²) in [5, 5.41) is 8.60. The lowest BCUT2D eigenvalue weighted by Crippen LogP contribution is -2.46. The minimum Gasteiger partial charge on any atom is -0.447 e. The van der Waals surface area contributed by atoms with E-state index < -0.39 is 0 Å². The van der Waals surface area contributed by atoms with E-state index in [4.69, 9.17) is 9.84 Å². The molecule has 2 rings (SSSR count). The van der Waals surface area contributed by atoms with E-state index in [9.17, 15) is 4.79 Å². The lowest BCUT2D eigenvalue weighted by molar-refractivity contribution is 0.0654. The lowest BCUT2D eigenvalue weighted by Gasteiger charge is -2.36. The summed E-state index contributed by atoms with van der Waals surface area (Å²) in [5.74, 6) is 0. The Morgan fingerprint density at radius 1 is 1.18 bits per heavy atom. The van der Waals surface area contributed by atoms with Crippen molar-refractivity contribution in [3.8, 4) is 0 Å². The molecule has 2 aliphatic rings. The molecule has 2 heterocycles. The first-order valence-electron chi connectivity index (χ1n) is 6.58. The van der Waals surface area contributed by atoms with Gasteiger partial charge in [-0.25, -0.2) is 4.79 Å². The molecular weight excluding hydrogens is 220 g/mol. The first-order chi connectivity index (χ1) is 8.31. The van der Waals surface area contributed by atoms with Crippen molar-refractivity contribution in [1.29, 1.82) is 0 Å². The van der Waals surface area contributed by atoms with E-state index >= 15 is 0 Å². The molecule has 0 unspecified atom stereocenters. The van der Waals surface area contributed by atoms with Crippen molar-refractivity contribution in [2.75, 3.05) is 39.4 Å². The van der Waals surface area contributed by atoms with E-state index in [2.05, 4.69) is 4.90 Å². The fourth-order valence-electron chi connectivity index (χ4n) is 2.74. The van der Waals surface area contributed by atoms with Gasteiger partial charge in [0.05, 0.1) is 6.61 Å². The van der Waals surface area contributed by atoms with E-state index in [0.717, 1.165) is 25.9 Å². The molecule has 0 aromatic heterocycles. The standard InChI is InChI=1S/C12H22N2O3/c15-9-10-17-12(16)14-7-3-11(4-8-14)13-5-1-2-6-13/h11,15H,1-10H2. The van der Waals surface area contributed by atoms with Gasteiger partial charge in [-0.3, -0.25) is 0 Å². The van der Waals surface area contributed by atoms with Gasteiger partial charge in [0.2, 0.25) is 0 Å². The highest BCUT2D eigenvalue weighted by Crippen LogP contribution is 2.21. The second kappa shape index (κ2) is 6.21. The molecule has 1 amide bonds. The molecule has 1 N–H and O–H groups in total. The number of aliphatic hydroxyl groups is 1. The van der Waals surface area contributed by atoms with Crippen molar-refractivity contribution < 1.29 is 14.6 Å². The lowest BCUT2D eigenvalue weighted by atomic mass is 10.0. The quantitative estimate of drug-likeness (QED) is 0.790. The molecule has 5 heteroatoms. The fourth-order valence-corrected chi connectivity index (χ4v) is 2.74. The molecule has 0 aromatic carbocycles. The maximum absolute atomic E-state index is 11.6. The van der Waals surface area contributed by atoms with Crippen LogP contribution in [0.3, 0.4) is 0 Å². The smallest absolute Gasteiger partial charge is 0.409 e. The van der Waals surface area contributed by atoms with Gasteiger partial charge < -0.3 is 19.6 Å². The van der Waals surface area contributed by atoms with Crippen LogP contribution in [-0.2, 0) is 4.74 Å². The molecule has 0 aromatic rings. The SMILES string of the molecule is O=C(OCCO)N1CCC(N2CCCC2)CC1. The summed E-state index contributed by atoms with van der Waals surface area (Å²) in [5.41, 5.74) is 0. The van der Waals surface area contributed by atoms with Crippen LogP contribution >= 0.6 is 0 Å². The van der Waals surface area contributed by atoms with Gasteiger partial charge in [0, 0.05) is 19.1 Å². The molecule has 2 saturated heterocycles. The number of hydrogen-bond acceptors (Lipinski definition) is 4. The first kappa shape index (κ1) is 12.6. The molecule has 0 atom stereocenters. The molecule has 0 spiro atoms. The van der Waals surface area contributed by atoms with E-state index in [-0.39, 0.29) is 19.3 Å². The molecule has 0 bridgehead atoms. The molecule has 0 saturated carbocycles. The summed E-state index contributed by atoms with van der Waals surface area (Å²) in [4.78, 5) is 15.9. The third-order valence-electron chi connectivity index (χ3n) is 3.70. The van der Waals surface area contributed by atoms with Crippen LogP contribution in [0.2, 0.25) is 0 Å². The van der Waals surface area contributed by atoms with Crippen LogP contribution in [0.1, 0.15) is 25.7 Å². The van der Waals surface area contributed by atoms with E-state index in [1.54, 1.807) is 4.90 Å². The van der Waals surface area contributed by atoms with Crippen LogP contribution in [0.4, 0.5) is 4.79 Å². The monoisotopic (exact) mass is 242 g/mol. The number of hydrogen-bond donors (Lipinski definition) is 1. The Balaban J connectivity index is 1.71. The summed E-state index contributed by atoms with van der Waals surface area (Å²) in [6.07, 6.45) is 4.46. The zero-order chi connectivity index (χ0) is 12.1. The highest BCUT2D eigenvalue weighted by Gasteiger charge is 2.28. The molecule has 98 valence electrons. The summed E-state index contributed by atoms with van der Waals surface area (Å²) in [6.45, 7) is 4.01. The van der Waals surface area contributed by atoms with Gasteiger partial charge in [0.15, 0.2) is 0 Å². The Morgan fingerprint density at radius 3 is 2.41 bits per heavy atom. The minimum atomic E-state index is -0.279. The number of piperidine rings is 1. The van der Waals surface area contributed by atoms with Crippen molar-refractivity contribution in [2.24, 2.45) is 0 Å². The third-order valence-corrected chi connectivity index (χ3v) is 3.70. The van der Waals surface area contributed by atoms with Crippen LogP contribution in [0, 0.1) is 0 Å². The summed E-state index contributed by atoms with van der Waals surface area (Å²) >= 11 is 0. The second-order valence-electron chi connectivity index (χ2n) is 4.80. The zero-order valence-electron chi connectivity index (χ0n) is 10.3. The number of carbonyl (C=O) groups is 1. The highest BCUT2D eigenvalue weighted by atomic mass is 16.6. The van der Waals surface area contributed by atoms with Crippen molar-refractivity contribution in [1.82, 2.24) is 9.80 Å². The minimum absolute atomic E-state index is 0.101. The van der Waals surface area contributed by atoms with Gasteiger partial charge in [0.1, 0.15) is 6.61 Å².